The van der Waals surface area contributed by atoms with Gasteiger partial charge < -0.3 is 24.5 Å². The summed E-state index contributed by atoms with van der Waals surface area (Å²) >= 11 is 0. The fourth-order valence-corrected chi connectivity index (χ4v) is 4.17. The maximum absolute atomic E-state index is 13.0. The second-order valence-electron chi connectivity index (χ2n) is 7.76. The number of ether oxygens (including phenoxy) is 3. The quantitative estimate of drug-likeness (QED) is 0.385. The molecule has 0 radical (unpaired) electrons. The molecule has 0 aliphatic carbocycles. The molecule has 1 atom stereocenters. The lowest BCUT2D eigenvalue weighted by Crippen LogP contribution is -2.29. The van der Waals surface area contributed by atoms with Gasteiger partial charge in [0.1, 0.15) is 0 Å². The third kappa shape index (κ3) is 4.71. The van der Waals surface area contributed by atoms with E-state index >= 15 is 0 Å². The van der Waals surface area contributed by atoms with Crippen LogP contribution in [0.2, 0.25) is 0 Å². The van der Waals surface area contributed by atoms with Crippen molar-refractivity contribution in [1.82, 2.24) is 10.3 Å². The summed E-state index contributed by atoms with van der Waals surface area (Å²) in [7, 11) is 4.91. The molecule has 3 aromatic carbocycles. The van der Waals surface area contributed by atoms with Gasteiger partial charge in [-0.3, -0.25) is 4.79 Å². The summed E-state index contributed by atoms with van der Waals surface area (Å²) in [5.74, 6) is 1.03. The highest BCUT2D eigenvalue weighted by atomic mass is 16.5. The van der Waals surface area contributed by atoms with Gasteiger partial charge in [-0.15, -0.1) is 0 Å². The van der Waals surface area contributed by atoms with Crippen molar-refractivity contribution in [2.24, 2.45) is 0 Å². The van der Waals surface area contributed by atoms with E-state index in [1.165, 1.54) is 0 Å². The Labute approximate surface area is 193 Å². The smallest absolute Gasteiger partial charge is 0.251 e. The van der Waals surface area contributed by atoms with Crippen molar-refractivity contribution < 1.29 is 19.0 Å². The van der Waals surface area contributed by atoms with Crippen LogP contribution in [-0.2, 0) is 11.3 Å². The molecule has 6 nitrogen and oxygen atoms in total. The number of H-pyrrole nitrogens is 1. The van der Waals surface area contributed by atoms with E-state index in [0.29, 0.717) is 30.2 Å². The van der Waals surface area contributed by atoms with Gasteiger partial charge in [0.25, 0.3) is 5.91 Å². The van der Waals surface area contributed by atoms with Crippen LogP contribution < -0.4 is 14.8 Å². The first-order chi connectivity index (χ1) is 16.2. The summed E-state index contributed by atoms with van der Waals surface area (Å²) in [5, 5.41) is 4.21. The van der Waals surface area contributed by atoms with Crippen molar-refractivity contribution >= 4 is 16.8 Å². The van der Waals surface area contributed by atoms with Crippen molar-refractivity contribution in [3.63, 3.8) is 0 Å². The third-order valence-corrected chi connectivity index (χ3v) is 5.80. The minimum absolute atomic E-state index is 0.134. The number of fused-ring (bicyclic) bond motifs is 1. The predicted octanol–water partition coefficient (Wildman–Crippen LogP) is 4.89. The van der Waals surface area contributed by atoms with E-state index in [2.05, 4.69) is 16.4 Å². The van der Waals surface area contributed by atoms with Crippen molar-refractivity contribution in [3.8, 4) is 11.5 Å². The molecule has 170 valence electrons. The number of carbonyl (C=O) groups excluding carboxylic acids is 1. The molecular formula is C27H28N2O4. The molecule has 33 heavy (non-hydrogen) atoms. The Morgan fingerprint density at radius 3 is 2.42 bits per heavy atom. The highest BCUT2D eigenvalue weighted by molar-refractivity contribution is 5.94. The number of methoxy groups -OCH3 is 3. The summed E-state index contributed by atoms with van der Waals surface area (Å²) in [4.78, 5) is 16.3. The molecule has 1 aromatic heterocycles. The van der Waals surface area contributed by atoms with E-state index < -0.39 is 0 Å². The maximum Gasteiger partial charge on any atom is 0.251 e. The molecule has 4 rings (SSSR count). The summed E-state index contributed by atoms with van der Waals surface area (Å²) in [6.45, 7) is 0.907. The Balaban J connectivity index is 1.67. The lowest BCUT2D eigenvalue weighted by molar-refractivity contribution is 0.0952. The predicted molar refractivity (Wildman–Crippen MR) is 129 cm³/mol. The van der Waals surface area contributed by atoms with Crippen molar-refractivity contribution in [1.29, 1.82) is 0 Å². The summed E-state index contributed by atoms with van der Waals surface area (Å²) in [5.41, 5.74) is 4.68. The third-order valence-electron chi connectivity index (χ3n) is 5.80. The van der Waals surface area contributed by atoms with E-state index in [9.17, 15) is 4.79 Å². The number of para-hydroxylation sites is 2. The van der Waals surface area contributed by atoms with E-state index in [-0.39, 0.29) is 11.8 Å². The normalized spacial score (nSPS) is 11.8. The van der Waals surface area contributed by atoms with E-state index in [1.54, 1.807) is 21.3 Å². The standard InChI is InChI=1S/C27H28N2O4/c1-31-17-18-11-13-19(14-12-18)27(30)29-16-23(21-8-6-10-25(32-2)26(21)33-3)22-15-28-24-9-5-4-7-20(22)24/h4-15,23,28H,16-17H2,1-3H3,(H,29,30). The van der Waals surface area contributed by atoms with Gasteiger partial charge in [0.2, 0.25) is 0 Å². The molecule has 0 aliphatic rings. The van der Waals surface area contributed by atoms with Gasteiger partial charge in [-0.25, -0.2) is 0 Å². The number of aromatic nitrogens is 1. The molecule has 1 heterocycles. The van der Waals surface area contributed by atoms with Gasteiger partial charge in [0.05, 0.1) is 20.8 Å². The van der Waals surface area contributed by atoms with Gasteiger partial charge >= 0.3 is 0 Å². The summed E-state index contributed by atoms with van der Waals surface area (Å²) in [6.07, 6.45) is 2.00. The van der Waals surface area contributed by atoms with Crippen LogP contribution in [0.3, 0.4) is 0 Å². The zero-order valence-electron chi connectivity index (χ0n) is 19.1. The molecule has 0 saturated carbocycles. The minimum atomic E-state index is -0.150. The Kier molecular flexibility index (Phi) is 6.95. The molecule has 0 fully saturated rings. The minimum Gasteiger partial charge on any atom is -0.493 e. The molecule has 0 saturated heterocycles. The van der Waals surface area contributed by atoms with Crippen LogP contribution >= 0.6 is 0 Å². The number of hydrogen-bond donors (Lipinski definition) is 2. The number of benzene rings is 3. The fraction of sp³-hybridized carbons (Fsp3) is 0.222. The molecule has 1 unspecified atom stereocenters. The molecule has 4 aromatic rings. The fourth-order valence-electron chi connectivity index (χ4n) is 4.17. The molecule has 6 heteroatoms. The SMILES string of the molecule is COCc1ccc(C(=O)NCC(c2cccc(OC)c2OC)c2c[nH]c3ccccc23)cc1. The number of hydrogen-bond acceptors (Lipinski definition) is 4. The number of aromatic amines is 1. The number of amides is 1. The van der Waals surface area contributed by atoms with Gasteiger partial charge in [-0.2, -0.15) is 0 Å². The highest BCUT2D eigenvalue weighted by Gasteiger charge is 2.24. The average molecular weight is 445 g/mol. The van der Waals surface area contributed by atoms with Crippen LogP contribution in [0.5, 0.6) is 11.5 Å². The molecule has 2 N–H and O–H groups in total. The monoisotopic (exact) mass is 444 g/mol. The zero-order valence-corrected chi connectivity index (χ0v) is 19.1. The summed E-state index contributed by atoms with van der Waals surface area (Å²) < 4.78 is 16.4. The molecule has 0 spiro atoms. The maximum atomic E-state index is 13.0. The number of rotatable bonds is 9. The molecule has 0 bridgehead atoms. The van der Waals surface area contributed by atoms with Crippen LogP contribution in [0, 0.1) is 0 Å². The molecule has 1 amide bonds. The van der Waals surface area contributed by atoms with Crippen LogP contribution in [0.15, 0.2) is 72.9 Å². The van der Waals surface area contributed by atoms with Crippen molar-refractivity contribution in [2.75, 3.05) is 27.9 Å². The van der Waals surface area contributed by atoms with E-state index in [0.717, 1.165) is 27.6 Å². The first-order valence-corrected chi connectivity index (χ1v) is 10.8. The number of nitrogens with one attached hydrogen (secondary N) is 2. The molecule has 0 aliphatic heterocycles. The van der Waals surface area contributed by atoms with Crippen LogP contribution in [0.4, 0.5) is 0 Å². The Hall–Kier alpha value is -3.77. The first kappa shape index (κ1) is 22.4. The zero-order chi connectivity index (χ0) is 23.2. The lowest BCUT2D eigenvalue weighted by atomic mass is 9.89. The van der Waals surface area contributed by atoms with E-state index in [1.807, 2.05) is 66.9 Å². The van der Waals surface area contributed by atoms with Crippen LogP contribution in [0.25, 0.3) is 10.9 Å². The van der Waals surface area contributed by atoms with Gasteiger partial charge in [-0.05, 0) is 35.4 Å². The Bertz CT molecular complexity index is 1230. The topological polar surface area (TPSA) is 72.6 Å². The van der Waals surface area contributed by atoms with Crippen molar-refractivity contribution in [2.45, 2.75) is 12.5 Å². The molecular weight excluding hydrogens is 416 g/mol. The van der Waals surface area contributed by atoms with Gasteiger partial charge in [-0.1, -0.05) is 42.5 Å². The number of carbonyl (C=O) groups is 1. The second kappa shape index (κ2) is 10.2. The highest BCUT2D eigenvalue weighted by Crippen LogP contribution is 2.40. The largest absolute Gasteiger partial charge is 0.493 e. The Morgan fingerprint density at radius 1 is 0.909 bits per heavy atom. The van der Waals surface area contributed by atoms with Gasteiger partial charge in [0.15, 0.2) is 11.5 Å². The van der Waals surface area contributed by atoms with Crippen LogP contribution in [-0.4, -0.2) is 38.8 Å². The Morgan fingerprint density at radius 2 is 1.70 bits per heavy atom. The van der Waals surface area contributed by atoms with Crippen LogP contribution in [0.1, 0.15) is 33.0 Å². The van der Waals surface area contributed by atoms with Crippen molar-refractivity contribution in [3.05, 3.63) is 95.2 Å². The summed E-state index contributed by atoms with van der Waals surface area (Å²) in [6, 6.07) is 21.4. The van der Waals surface area contributed by atoms with Gasteiger partial charge in [0, 0.05) is 47.8 Å². The van der Waals surface area contributed by atoms with E-state index in [4.69, 9.17) is 14.2 Å². The first-order valence-electron chi connectivity index (χ1n) is 10.8. The lowest BCUT2D eigenvalue weighted by Gasteiger charge is -2.22. The second-order valence-corrected chi connectivity index (χ2v) is 7.76. The average Bonchev–Trinajstić information content (AvgIpc) is 3.28.